The Morgan fingerprint density at radius 1 is 0.485 bits per heavy atom. The fourth-order valence-corrected chi connectivity index (χ4v) is 5.15. The summed E-state index contributed by atoms with van der Waals surface area (Å²) in [6.07, 6.45) is 29.3. The van der Waals surface area contributed by atoms with Crippen LogP contribution in [0.4, 0.5) is 0 Å². The molecule has 0 aliphatic heterocycles. The van der Waals surface area contributed by atoms with E-state index in [-0.39, 0.29) is 17.4 Å². The van der Waals surface area contributed by atoms with E-state index in [1.165, 1.54) is 128 Å². The second-order valence-electron chi connectivity index (χ2n) is 10.3. The van der Waals surface area contributed by atoms with Gasteiger partial charge in [-0.05, 0) is 30.9 Å². The van der Waals surface area contributed by atoms with Gasteiger partial charge in [0.25, 0.3) is 0 Å². The van der Waals surface area contributed by atoms with Gasteiger partial charge in [-0.1, -0.05) is 148 Å². The Labute approximate surface area is 206 Å². The van der Waals surface area contributed by atoms with Crippen molar-refractivity contribution in [2.45, 2.75) is 161 Å². The molecule has 0 spiro atoms. The summed E-state index contributed by atoms with van der Waals surface area (Å²) in [7, 11) is 0. The number of hydrogen-bond acceptors (Lipinski definition) is 2. The van der Waals surface area contributed by atoms with Crippen LogP contribution in [0.5, 0.6) is 11.5 Å². The fraction of sp³-hybridized carbons (Fsp3) is 0.806. The van der Waals surface area contributed by atoms with Gasteiger partial charge in [-0.2, -0.15) is 0 Å². The summed E-state index contributed by atoms with van der Waals surface area (Å²) in [5.41, 5.74) is 0.787. The molecule has 0 heterocycles. The van der Waals surface area contributed by atoms with E-state index in [9.17, 15) is 10.2 Å². The van der Waals surface area contributed by atoms with Crippen molar-refractivity contribution in [1.82, 2.24) is 0 Å². The first-order valence-electron chi connectivity index (χ1n) is 14.7. The minimum Gasteiger partial charge on any atom is -0.508 e. The molecule has 0 bridgehead atoms. The van der Waals surface area contributed by atoms with Crippen LogP contribution in [0.25, 0.3) is 0 Å². The van der Waals surface area contributed by atoms with Crippen molar-refractivity contribution in [3.8, 4) is 11.5 Å². The Hall–Kier alpha value is -1.18. The normalized spacial score (nSPS) is 12.3. The van der Waals surface area contributed by atoms with Gasteiger partial charge in [0.2, 0.25) is 0 Å². The van der Waals surface area contributed by atoms with Gasteiger partial charge in [0.15, 0.2) is 0 Å². The molecule has 2 nitrogen and oxygen atoms in total. The molecule has 0 aliphatic rings. The van der Waals surface area contributed by atoms with Crippen molar-refractivity contribution in [2.75, 3.05) is 0 Å². The summed E-state index contributed by atoms with van der Waals surface area (Å²) >= 11 is 0. The quantitative estimate of drug-likeness (QED) is 0.159. The fourth-order valence-electron chi connectivity index (χ4n) is 5.15. The predicted molar refractivity (Wildman–Crippen MR) is 145 cm³/mol. The molecular weight excluding hydrogens is 404 g/mol. The van der Waals surface area contributed by atoms with Gasteiger partial charge in [-0.25, -0.2) is 0 Å². The van der Waals surface area contributed by atoms with Crippen molar-refractivity contribution < 1.29 is 10.2 Å². The van der Waals surface area contributed by atoms with E-state index in [2.05, 4.69) is 13.8 Å². The van der Waals surface area contributed by atoms with Crippen molar-refractivity contribution in [2.24, 2.45) is 0 Å². The first-order chi connectivity index (χ1) is 16.2. The van der Waals surface area contributed by atoms with E-state index in [1.807, 2.05) is 0 Å². The van der Waals surface area contributed by atoms with Gasteiger partial charge in [-0.15, -0.1) is 0 Å². The third-order valence-corrected chi connectivity index (χ3v) is 7.28. The van der Waals surface area contributed by atoms with Gasteiger partial charge >= 0.3 is 0 Å². The summed E-state index contributed by atoms with van der Waals surface area (Å²) in [5, 5.41) is 20.7. The highest BCUT2D eigenvalue weighted by atomic mass is 16.3. The Morgan fingerprint density at radius 3 is 1.15 bits per heavy atom. The summed E-state index contributed by atoms with van der Waals surface area (Å²) < 4.78 is 0. The first-order valence-corrected chi connectivity index (χ1v) is 14.7. The largest absolute Gasteiger partial charge is 0.508 e. The Morgan fingerprint density at radius 2 is 0.788 bits per heavy atom. The highest BCUT2D eigenvalue weighted by Crippen LogP contribution is 2.39. The molecule has 1 aromatic carbocycles. The van der Waals surface area contributed by atoms with E-state index in [4.69, 9.17) is 0 Å². The minimum absolute atomic E-state index is 0.270. The first kappa shape index (κ1) is 29.9. The highest BCUT2D eigenvalue weighted by molar-refractivity contribution is 5.45. The lowest BCUT2D eigenvalue weighted by atomic mass is 9.87. The molecule has 0 radical (unpaired) electrons. The van der Waals surface area contributed by atoms with Crippen LogP contribution in [-0.2, 0) is 0 Å². The lowest BCUT2D eigenvalue weighted by Gasteiger charge is -2.20. The second-order valence-corrected chi connectivity index (χ2v) is 10.3. The molecule has 1 unspecified atom stereocenters. The van der Waals surface area contributed by atoms with E-state index in [0.29, 0.717) is 0 Å². The van der Waals surface area contributed by atoms with Crippen LogP contribution < -0.4 is 0 Å². The Balaban J connectivity index is 2.09. The maximum atomic E-state index is 10.3. The van der Waals surface area contributed by atoms with E-state index < -0.39 is 0 Å². The SMILES string of the molecule is CCCCCCCCCCCCCCCCCCC(CCCCCC)c1c(O)cccc1O. The zero-order valence-corrected chi connectivity index (χ0v) is 22.3. The lowest BCUT2D eigenvalue weighted by molar-refractivity contribution is 0.408. The number of phenols is 2. The van der Waals surface area contributed by atoms with E-state index in [0.717, 1.165) is 18.4 Å². The van der Waals surface area contributed by atoms with Crippen LogP contribution in [0, 0.1) is 0 Å². The molecule has 33 heavy (non-hydrogen) atoms. The third kappa shape index (κ3) is 15.4. The average molecular weight is 461 g/mol. The molecule has 192 valence electrons. The molecule has 0 saturated carbocycles. The van der Waals surface area contributed by atoms with Crippen LogP contribution >= 0.6 is 0 Å². The van der Waals surface area contributed by atoms with Crippen molar-refractivity contribution in [3.05, 3.63) is 23.8 Å². The van der Waals surface area contributed by atoms with Crippen LogP contribution in [0.3, 0.4) is 0 Å². The van der Waals surface area contributed by atoms with E-state index >= 15 is 0 Å². The molecule has 0 fully saturated rings. The van der Waals surface area contributed by atoms with Crippen LogP contribution in [0.15, 0.2) is 18.2 Å². The van der Waals surface area contributed by atoms with Crippen LogP contribution in [0.2, 0.25) is 0 Å². The van der Waals surface area contributed by atoms with Crippen LogP contribution in [-0.4, -0.2) is 10.2 Å². The number of aromatic hydroxyl groups is 2. The third-order valence-electron chi connectivity index (χ3n) is 7.28. The number of rotatable bonds is 23. The van der Waals surface area contributed by atoms with Crippen molar-refractivity contribution in [3.63, 3.8) is 0 Å². The van der Waals surface area contributed by atoms with Crippen LogP contribution in [0.1, 0.15) is 167 Å². The number of benzene rings is 1. The highest BCUT2D eigenvalue weighted by Gasteiger charge is 2.18. The summed E-state index contributed by atoms with van der Waals surface area (Å²) in [5.74, 6) is 0.827. The minimum atomic E-state index is 0.270. The maximum absolute atomic E-state index is 10.3. The monoisotopic (exact) mass is 460 g/mol. The average Bonchev–Trinajstić information content (AvgIpc) is 2.81. The Bertz CT molecular complexity index is 534. The number of hydrogen-bond donors (Lipinski definition) is 2. The smallest absolute Gasteiger partial charge is 0.122 e. The zero-order valence-electron chi connectivity index (χ0n) is 22.3. The van der Waals surface area contributed by atoms with Gasteiger partial charge < -0.3 is 10.2 Å². The topological polar surface area (TPSA) is 40.5 Å². The van der Waals surface area contributed by atoms with E-state index in [1.54, 1.807) is 18.2 Å². The molecule has 0 aromatic heterocycles. The van der Waals surface area contributed by atoms with Crippen molar-refractivity contribution in [1.29, 1.82) is 0 Å². The molecule has 2 heteroatoms. The lowest BCUT2D eigenvalue weighted by Crippen LogP contribution is -2.01. The molecule has 0 saturated heterocycles. The Kier molecular flexibility index (Phi) is 19.3. The molecule has 1 atom stereocenters. The summed E-state index contributed by atoms with van der Waals surface area (Å²) in [6.45, 7) is 4.53. The molecular formula is C31H56O2. The molecule has 2 N–H and O–H groups in total. The number of unbranched alkanes of at least 4 members (excludes halogenated alkanes) is 18. The molecule has 1 rings (SSSR count). The van der Waals surface area contributed by atoms with Gasteiger partial charge in [0.1, 0.15) is 11.5 Å². The zero-order chi connectivity index (χ0) is 24.0. The summed E-state index contributed by atoms with van der Waals surface area (Å²) in [4.78, 5) is 0. The molecule has 1 aromatic rings. The van der Waals surface area contributed by atoms with Gasteiger partial charge in [0.05, 0.1) is 0 Å². The molecule has 0 amide bonds. The van der Waals surface area contributed by atoms with Gasteiger partial charge in [0, 0.05) is 5.56 Å². The summed E-state index contributed by atoms with van der Waals surface area (Å²) in [6, 6.07) is 5.18. The van der Waals surface area contributed by atoms with Crippen molar-refractivity contribution >= 4 is 0 Å². The number of phenolic OH excluding ortho intramolecular Hbond substituents is 2. The second kappa shape index (κ2) is 21.4. The van der Waals surface area contributed by atoms with Gasteiger partial charge in [-0.3, -0.25) is 0 Å². The predicted octanol–water partition coefficient (Wildman–Crippen LogP) is 10.8. The maximum Gasteiger partial charge on any atom is 0.122 e. The molecule has 0 aliphatic carbocycles. The standard InChI is InChI=1S/C31H56O2/c1-3-5-7-9-10-11-12-13-14-15-16-17-18-19-20-22-25-28(24-21-8-6-4-2)31-29(32)26-23-27-30(31)33/h23,26-28,32-33H,3-22,24-25H2,1-2H3.